The van der Waals surface area contributed by atoms with Crippen LogP contribution in [0.1, 0.15) is 13.3 Å². The molecule has 0 aromatic rings. The molecule has 0 fully saturated rings. The van der Waals surface area contributed by atoms with Crippen LogP contribution in [0.4, 0.5) is 0 Å². The highest BCUT2D eigenvalue weighted by atomic mass is 32.2. The standard InChI is InChI=1S/C7H12OS2/c1-6(7(8)9)4-3-5-10-2/h4H,3,5H2,1-2H3,(H,8,9). The van der Waals surface area contributed by atoms with Crippen molar-refractivity contribution in [2.75, 3.05) is 12.0 Å². The lowest BCUT2D eigenvalue weighted by molar-refractivity contribution is 0.568. The van der Waals surface area contributed by atoms with Gasteiger partial charge < -0.3 is 5.11 Å². The quantitative estimate of drug-likeness (QED) is 0.404. The Morgan fingerprint density at radius 3 is 2.70 bits per heavy atom. The third kappa shape index (κ3) is 4.82. The highest BCUT2D eigenvalue weighted by molar-refractivity contribution is 7.98. The van der Waals surface area contributed by atoms with Gasteiger partial charge in [-0.25, -0.2) is 0 Å². The second-order valence-corrected chi connectivity index (χ2v) is 3.35. The summed E-state index contributed by atoms with van der Waals surface area (Å²) in [4.78, 5) is 0. The predicted octanol–water partition coefficient (Wildman–Crippen LogP) is 2.57. The molecule has 0 saturated carbocycles. The number of hydrogen-bond donors (Lipinski definition) is 1. The van der Waals surface area contributed by atoms with Crippen molar-refractivity contribution in [3.8, 4) is 0 Å². The van der Waals surface area contributed by atoms with E-state index in [0.29, 0.717) is 0 Å². The molecule has 0 radical (unpaired) electrons. The van der Waals surface area contributed by atoms with E-state index in [0.717, 1.165) is 17.7 Å². The lowest BCUT2D eigenvalue weighted by Crippen LogP contribution is -1.92. The summed E-state index contributed by atoms with van der Waals surface area (Å²) < 4.78 is 0. The van der Waals surface area contributed by atoms with E-state index in [1.165, 1.54) is 0 Å². The van der Waals surface area contributed by atoms with Crippen molar-refractivity contribution in [1.82, 2.24) is 0 Å². The van der Waals surface area contributed by atoms with Crippen molar-refractivity contribution in [1.29, 1.82) is 0 Å². The zero-order valence-corrected chi connectivity index (χ0v) is 7.89. The first-order valence-corrected chi connectivity index (χ1v) is 4.87. The topological polar surface area (TPSA) is 20.2 Å². The van der Waals surface area contributed by atoms with Gasteiger partial charge in [-0.1, -0.05) is 6.08 Å². The molecule has 0 aliphatic carbocycles. The van der Waals surface area contributed by atoms with Crippen molar-refractivity contribution < 1.29 is 5.11 Å². The van der Waals surface area contributed by atoms with Gasteiger partial charge in [0.1, 0.15) is 0 Å². The Hall–Kier alpha value is -0.0200. The van der Waals surface area contributed by atoms with Crippen LogP contribution in [0.5, 0.6) is 0 Å². The zero-order valence-electron chi connectivity index (χ0n) is 6.26. The molecule has 3 heteroatoms. The van der Waals surface area contributed by atoms with Gasteiger partial charge in [0.2, 0.25) is 0 Å². The molecule has 0 aromatic heterocycles. The van der Waals surface area contributed by atoms with E-state index >= 15 is 0 Å². The van der Waals surface area contributed by atoms with E-state index in [1.54, 1.807) is 11.8 Å². The minimum atomic E-state index is 0.0149. The molecule has 0 spiro atoms. The fourth-order valence-electron chi connectivity index (χ4n) is 0.481. The summed E-state index contributed by atoms with van der Waals surface area (Å²) in [6, 6.07) is 0. The zero-order chi connectivity index (χ0) is 7.98. The summed E-state index contributed by atoms with van der Waals surface area (Å²) in [6.07, 6.45) is 4.99. The van der Waals surface area contributed by atoms with E-state index in [1.807, 2.05) is 13.0 Å². The maximum Gasteiger partial charge on any atom is 0.183 e. The highest BCUT2D eigenvalue weighted by Crippen LogP contribution is 2.01. The van der Waals surface area contributed by atoms with Crippen LogP contribution in [0.15, 0.2) is 11.6 Å². The lowest BCUT2D eigenvalue weighted by Gasteiger charge is -1.94. The number of thioether (sulfide) groups is 1. The minimum absolute atomic E-state index is 0.0149. The average Bonchev–Trinajstić information content (AvgIpc) is 1.88. The Morgan fingerprint density at radius 2 is 2.30 bits per heavy atom. The molecule has 0 heterocycles. The van der Waals surface area contributed by atoms with Crippen LogP contribution in [-0.4, -0.2) is 22.2 Å². The molecule has 0 unspecified atom stereocenters. The van der Waals surface area contributed by atoms with Gasteiger partial charge in [0.05, 0.1) is 0 Å². The number of thiocarbonyl (C=S) groups is 1. The monoisotopic (exact) mass is 176 g/mol. The van der Waals surface area contributed by atoms with Crippen LogP contribution >= 0.6 is 24.0 Å². The molecule has 0 bridgehead atoms. The van der Waals surface area contributed by atoms with Crippen molar-refractivity contribution in [2.24, 2.45) is 0 Å². The van der Waals surface area contributed by atoms with Crippen LogP contribution in [0.3, 0.4) is 0 Å². The molecule has 0 aliphatic heterocycles. The van der Waals surface area contributed by atoms with Crippen LogP contribution in [0.2, 0.25) is 0 Å². The van der Waals surface area contributed by atoms with Gasteiger partial charge >= 0.3 is 0 Å². The second kappa shape index (κ2) is 5.74. The lowest BCUT2D eigenvalue weighted by atomic mass is 10.3. The molecule has 0 atom stereocenters. The third-order valence-electron chi connectivity index (χ3n) is 1.11. The second-order valence-electron chi connectivity index (χ2n) is 1.97. The number of rotatable bonds is 4. The third-order valence-corrected chi connectivity index (χ3v) is 2.08. The molecular weight excluding hydrogens is 164 g/mol. The fourth-order valence-corrected chi connectivity index (χ4v) is 0.917. The largest absolute Gasteiger partial charge is 0.499 e. The van der Waals surface area contributed by atoms with Crippen LogP contribution in [0.25, 0.3) is 0 Å². The molecule has 0 rings (SSSR count). The van der Waals surface area contributed by atoms with Gasteiger partial charge in [-0.3, -0.25) is 0 Å². The van der Waals surface area contributed by atoms with E-state index in [2.05, 4.69) is 18.5 Å². The Bertz CT molecular complexity index is 141. The first kappa shape index (κ1) is 9.98. The van der Waals surface area contributed by atoms with Crippen molar-refractivity contribution in [3.63, 3.8) is 0 Å². The Balaban J connectivity index is 3.58. The number of aliphatic hydroxyl groups is 1. The van der Waals surface area contributed by atoms with Crippen LogP contribution < -0.4 is 0 Å². The summed E-state index contributed by atoms with van der Waals surface area (Å²) in [7, 11) is 0. The molecule has 0 aliphatic rings. The molecule has 1 nitrogen and oxygen atoms in total. The predicted molar refractivity (Wildman–Crippen MR) is 52.0 cm³/mol. The number of hydrogen-bond acceptors (Lipinski definition) is 2. The number of aliphatic hydroxyl groups excluding tert-OH is 1. The molecular formula is C7H12OS2. The molecule has 58 valence electrons. The van der Waals surface area contributed by atoms with Gasteiger partial charge in [-0.2, -0.15) is 11.8 Å². The van der Waals surface area contributed by atoms with Crippen LogP contribution in [0, 0.1) is 0 Å². The summed E-state index contributed by atoms with van der Waals surface area (Å²) in [5.74, 6) is 1.08. The van der Waals surface area contributed by atoms with Gasteiger partial charge in [0, 0.05) is 0 Å². The molecule has 0 aromatic carbocycles. The molecule has 10 heavy (non-hydrogen) atoms. The summed E-state index contributed by atoms with van der Waals surface area (Å²) >= 11 is 6.33. The molecule has 0 amide bonds. The van der Waals surface area contributed by atoms with E-state index in [4.69, 9.17) is 5.11 Å². The Labute approximate surface area is 71.5 Å². The minimum Gasteiger partial charge on any atom is -0.499 e. The summed E-state index contributed by atoms with van der Waals surface area (Å²) in [5.41, 5.74) is 0.809. The van der Waals surface area contributed by atoms with Crippen molar-refractivity contribution in [3.05, 3.63) is 11.6 Å². The van der Waals surface area contributed by atoms with Gasteiger partial charge in [0.15, 0.2) is 5.05 Å². The highest BCUT2D eigenvalue weighted by Gasteiger charge is 1.91. The maximum atomic E-state index is 8.78. The van der Waals surface area contributed by atoms with Gasteiger partial charge in [0.25, 0.3) is 0 Å². The molecule has 0 saturated heterocycles. The maximum absolute atomic E-state index is 8.78. The summed E-state index contributed by atoms with van der Waals surface area (Å²) in [6.45, 7) is 1.82. The number of allylic oxidation sites excluding steroid dienone is 1. The normalized spacial score (nSPS) is 11.6. The SMILES string of the molecule is CSCCC=C(C)C(O)=S. The van der Waals surface area contributed by atoms with E-state index < -0.39 is 0 Å². The first-order valence-electron chi connectivity index (χ1n) is 3.07. The molecule has 1 N–H and O–H groups in total. The van der Waals surface area contributed by atoms with Crippen molar-refractivity contribution in [2.45, 2.75) is 13.3 Å². The van der Waals surface area contributed by atoms with Gasteiger partial charge in [-0.15, -0.1) is 0 Å². The first-order chi connectivity index (χ1) is 4.68. The van der Waals surface area contributed by atoms with Crippen LogP contribution in [-0.2, 0) is 0 Å². The van der Waals surface area contributed by atoms with Crippen molar-refractivity contribution >= 4 is 29.0 Å². The van der Waals surface area contributed by atoms with Gasteiger partial charge in [-0.05, 0) is 43.1 Å². The van der Waals surface area contributed by atoms with E-state index in [9.17, 15) is 0 Å². The average molecular weight is 176 g/mol. The Morgan fingerprint density at radius 1 is 1.70 bits per heavy atom. The summed E-state index contributed by atoms with van der Waals surface area (Å²) in [5, 5.41) is 8.79. The van der Waals surface area contributed by atoms with E-state index in [-0.39, 0.29) is 5.05 Å². The fraction of sp³-hybridized carbons (Fsp3) is 0.571. The Kier molecular flexibility index (Phi) is 5.73. The smallest absolute Gasteiger partial charge is 0.183 e.